The van der Waals surface area contributed by atoms with Crippen LogP contribution in [0, 0.1) is 5.92 Å². The largest absolute Gasteiger partial charge is 0.312 e. The molecule has 14 heavy (non-hydrogen) atoms. The van der Waals surface area contributed by atoms with Gasteiger partial charge in [-0.05, 0) is 24.1 Å². The summed E-state index contributed by atoms with van der Waals surface area (Å²) in [7, 11) is 0. The highest BCUT2D eigenvalue weighted by molar-refractivity contribution is 9.10. The molecule has 0 fully saturated rings. The molecule has 2 heteroatoms. The van der Waals surface area contributed by atoms with Crippen molar-refractivity contribution in [3.63, 3.8) is 0 Å². The minimum absolute atomic E-state index is 0.762. The predicted octanol–water partition coefficient (Wildman–Crippen LogP) is 3.58. The smallest absolute Gasteiger partial charge is 0.0220 e. The Kier molecular flexibility index (Phi) is 5.20. The highest BCUT2D eigenvalue weighted by Crippen LogP contribution is 2.15. The Morgan fingerprint density at radius 3 is 2.71 bits per heavy atom. The highest BCUT2D eigenvalue weighted by atomic mass is 79.9. The van der Waals surface area contributed by atoms with E-state index in [1.54, 1.807) is 0 Å². The van der Waals surface area contributed by atoms with Gasteiger partial charge in [0.05, 0.1) is 0 Å². The van der Waals surface area contributed by atoms with Crippen molar-refractivity contribution in [2.75, 3.05) is 6.54 Å². The topological polar surface area (TPSA) is 12.0 Å². The van der Waals surface area contributed by atoms with Crippen molar-refractivity contribution >= 4 is 15.9 Å². The lowest BCUT2D eigenvalue weighted by molar-refractivity contribution is 0.499. The van der Waals surface area contributed by atoms with E-state index in [0.29, 0.717) is 0 Å². The van der Waals surface area contributed by atoms with Gasteiger partial charge in [-0.25, -0.2) is 0 Å². The van der Waals surface area contributed by atoms with E-state index in [-0.39, 0.29) is 0 Å². The Morgan fingerprint density at radius 1 is 1.36 bits per heavy atom. The number of hydrogen-bond acceptors (Lipinski definition) is 1. The molecule has 78 valence electrons. The summed E-state index contributed by atoms with van der Waals surface area (Å²) in [4.78, 5) is 0. The van der Waals surface area contributed by atoms with Gasteiger partial charge in [0.15, 0.2) is 0 Å². The molecular weight excluding hydrogens is 238 g/mol. The number of rotatable bonds is 5. The summed E-state index contributed by atoms with van der Waals surface area (Å²) in [6.45, 7) is 6.54. The first-order chi connectivity index (χ1) is 6.74. The monoisotopic (exact) mass is 255 g/mol. The van der Waals surface area contributed by atoms with Gasteiger partial charge >= 0.3 is 0 Å². The lowest BCUT2D eigenvalue weighted by Crippen LogP contribution is -2.20. The van der Waals surface area contributed by atoms with Gasteiger partial charge in [0.25, 0.3) is 0 Å². The minimum Gasteiger partial charge on any atom is -0.312 e. The van der Waals surface area contributed by atoms with Gasteiger partial charge in [-0.2, -0.15) is 0 Å². The van der Waals surface area contributed by atoms with E-state index in [1.807, 2.05) is 6.07 Å². The van der Waals surface area contributed by atoms with Crippen LogP contribution in [0.1, 0.15) is 25.8 Å². The van der Waals surface area contributed by atoms with Crippen LogP contribution in [0.5, 0.6) is 0 Å². The molecule has 0 saturated heterocycles. The van der Waals surface area contributed by atoms with Gasteiger partial charge in [-0.15, -0.1) is 0 Å². The van der Waals surface area contributed by atoms with E-state index in [1.165, 1.54) is 16.5 Å². The molecule has 0 aliphatic rings. The first-order valence-electron chi connectivity index (χ1n) is 5.18. The molecule has 0 bridgehead atoms. The van der Waals surface area contributed by atoms with E-state index in [0.717, 1.165) is 19.0 Å². The summed E-state index contributed by atoms with van der Waals surface area (Å²) in [5.41, 5.74) is 1.33. The molecule has 0 saturated carbocycles. The maximum absolute atomic E-state index is 3.54. The Labute approximate surface area is 95.0 Å². The van der Waals surface area contributed by atoms with Crippen LogP contribution in [-0.2, 0) is 6.54 Å². The summed E-state index contributed by atoms with van der Waals surface area (Å²) in [6, 6.07) is 8.35. The number of halogens is 1. The number of benzene rings is 1. The zero-order valence-electron chi connectivity index (χ0n) is 8.89. The molecule has 1 aromatic carbocycles. The fourth-order valence-electron chi connectivity index (χ4n) is 1.24. The van der Waals surface area contributed by atoms with Crippen LogP contribution in [0.4, 0.5) is 0 Å². The molecule has 1 nitrogen and oxygen atoms in total. The van der Waals surface area contributed by atoms with Crippen molar-refractivity contribution in [3.05, 3.63) is 34.3 Å². The Balaban J connectivity index is 2.35. The summed E-state index contributed by atoms with van der Waals surface area (Å²) in [6.07, 6.45) is 1.24. The van der Waals surface area contributed by atoms with Crippen LogP contribution in [0.25, 0.3) is 0 Å². The molecule has 0 heterocycles. The van der Waals surface area contributed by atoms with Crippen LogP contribution < -0.4 is 5.32 Å². The average Bonchev–Trinajstić information content (AvgIpc) is 2.20. The van der Waals surface area contributed by atoms with Crippen molar-refractivity contribution in [3.8, 4) is 0 Å². The lowest BCUT2D eigenvalue weighted by atomic mass is 10.1. The van der Waals surface area contributed by atoms with Crippen LogP contribution in [-0.4, -0.2) is 6.54 Å². The molecule has 0 radical (unpaired) electrons. The maximum atomic E-state index is 3.54. The first-order valence-corrected chi connectivity index (χ1v) is 5.97. The average molecular weight is 256 g/mol. The summed E-state index contributed by atoms with van der Waals surface area (Å²) in [5.74, 6) is 0.762. The molecule has 0 spiro atoms. The van der Waals surface area contributed by atoms with Crippen molar-refractivity contribution < 1.29 is 0 Å². The van der Waals surface area contributed by atoms with Gasteiger partial charge < -0.3 is 5.32 Å². The Bertz CT molecular complexity index is 273. The Hall–Kier alpha value is -0.340. The predicted molar refractivity (Wildman–Crippen MR) is 65.3 cm³/mol. The van der Waals surface area contributed by atoms with Crippen molar-refractivity contribution in [2.24, 2.45) is 5.92 Å². The molecule has 0 unspecified atom stereocenters. The molecule has 1 N–H and O–H groups in total. The molecule has 0 aliphatic heterocycles. The second kappa shape index (κ2) is 6.20. The van der Waals surface area contributed by atoms with Crippen molar-refractivity contribution in [2.45, 2.75) is 26.8 Å². The van der Waals surface area contributed by atoms with Crippen molar-refractivity contribution in [1.29, 1.82) is 0 Å². The minimum atomic E-state index is 0.762. The number of nitrogens with one attached hydrogen (secondary N) is 1. The summed E-state index contributed by atoms with van der Waals surface area (Å²) in [5, 5.41) is 3.46. The first kappa shape index (κ1) is 11.7. The third kappa shape index (κ3) is 3.81. The molecule has 1 aromatic rings. The van der Waals surface area contributed by atoms with Gasteiger partial charge in [0.2, 0.25) is 0 Å². The van der Waals surface area contributed by atoms with Crippen LogP contribution in [0.2, 0.25) is 0 Å². The second-order valence-corrected chi connectivity index (χ2v) is 4.59. The fourth-order valence-corrected chi connectivity index (χ4v) is 1.66. The fraction of sp³-hybridized carbons (Fsp3) is 0.500. The lowest BCUT2D eigenvalue weighted by Gasteiger charge is -2.10. The van der Waals surface area contributed by atoms with Crippen LogP contribution in [0.3, 0.4) is 0 Å². The normalized spacial score (nSPS) is 12.8. The quantitative estimate of drug-likeness (QED) is 0.849. The van der Waals surface area contributed by atoms with Gasteiger partial charge in [0.1, 0.15) is 0 Å². The highest BCUT2D eigenvalue weighted by Gasteiger charge is 2.00. The van der Waals surface area contributed by atoms with E-state index < -0.39 is 0 Å². The second-order valence-electron chi connectivity index (χ2n) is 3.74. The maximum Gasteiger partial charge on any atom is 0.0220 e. The Morgan fingerprint density at radius 2 is 2.07 bits per heavy atom. The summed E-state index contributed by atoms with van der Waals surface area (Å²) >= 11 is 3.54. The summed E-state index contributed by atoms with van der Waals surface area (Å²) < 4.78 is 1.19. The van der Waals surface area contributed by atoms with Crippen LogP contribution in [0.15, 0.2) is 28.7 Å². The van der Waals surface area contributed by atoms with E-state index in [2.05, 4.69) is 53.3 Å². The SMILES string of the molecule is CC[C@H](C)CNCc1ccccc1Br. The zero-order chi connectivity index (χ0) is 10.4. The van der Waals surface area contributed by atoms with E-state index in [4.69, 9.17) is 0 Å². The molecule has 1 rings (SSSR count). The molecule has 0 amide bonds. The molecule has 0 aromatic heterocycles. The van der Waals surface area contributed by atoms with E-state index >= 15 is 0 Å². The van der Waals surface area contributed by atoms with Crippen LogP contribution >= 0.6 is 15.9 Å². The molecule has 1 atom stereocenters. The van der Waals surface area contributed by atoms with Gasteiger partial charge in [0, 0.05) is 11.0 Å². The van der Waals surface area contributed by atoms with E-state index in [9.17, 15) is 0 Å². The standard InChI is InChI=1S/C12H18BrN/c1-3-10(2)8-14-9-11-6-4-5-7-12(11)13/h4-7,10,14H,3,8-9H2,1-2H3/t10-/m0/s1. The molecule has 0 aliphatic carbocycles. The third-order valence-corrected chi connectivity index (χ3v) is 3.24. The van der Waals surface area contributed by atoms with Gasteiger partial charge in [-0.1, -0.05) is 54.4 Å². The van der Waals surface area contributed by atoms with Crippen molar-refractivity contribution in [1.82, 2.24) is 5.32 Å². The zero-order valence-corrected chi connectivity index (χ0v) is 10.5. The third-order valence-electron chi connectivity index (χ3n) is 2.46. The molecular formula is C12H18BrN. The number of hydrogen-bond donors (Lipinski definition) is 1. The van der Waals surface area contributed by atoms with Gasteiger partial charge in [-0.3, -0.25) is 0 Å².